The third-order valence-corrected chi connectivity index (χ3v) is 3.55. The summed E-state index contributed by atoms with van der Waals surface area (Å²) in [5.41, 5.74) is 7.24. The summed E-state index contributed by atoms with van der Waals surface area (Å²) < 4.78 is 0. The molecule has 1 aromatic rings. The molecule has 1 saturated heterocycles. The molecule has 0 unspecified atom stereocenters. The number of benzene rings is 1. The lowest BCUT2D eigenvalue weighted by Gasteiger charge is -2.21. The maximum Gasteiger partial charge on any atom is 0.241 e. The summed E-state index contributed by atoms with van der Waals surface area (Å²) in [5, 5.41) is 2.83. The smallest absolute Gasteiger partial charge is 0.241 e. The SMILES string of the molecule is CC(C)[C@@H](N)C(=O)Nc1ccccc1N1CCCC1=O. The van der Waals surface area contributed by atoms with Crippen LogP contribution in [-0.4, -0.2) is 24.4 Å². The molecule has 1 aliphatic rings. The molecule has 0 aromatic heterocycles. The van der Waals surface area contributed by atoms with Crippen molar-refractivity contribution in [1.29, 1.82) is 0 Å². The van der Waals surface area contributed by atoms with Crippen molar-refractivity contribution in [1.82, 2.24) is 0 Å². The van der Waals surface area contributed by atoms with Crippen LogP contribution in [0.5, 0.6) is 0 Å². The average Bonchev–Trinajstić information content (AvgIpc) is 2.84. The molecule has 2 amide bonds. The highest BCUT2D eigenvalue weighted by Crippen LogP contribution is 2.29. The molecule has 5 nitrogen and oxygen atoms in total. The van der Waals surface area contributed by atoms with Crippen molar-refractivity contribution in [2.75, 3.05) is 16.8 Å². The molecular formula is C15H21N3O2. The predicted octanol–water partition coefficient (Wildman–Crippen LogP) is 1.74. The van der Waals surface area contributed by atoms with Crippen LogP contribution in [0.15, 0.2) is 24.3 Å². The van der Waals surface area contributed by atoms with Crippen molar-refractivity contribution in [2.24, 2.45) is 11.7 Å². The van der Waals surface area contributed by atoms with Gasteiger partial charge in [0, 0.05) is 13.0 Å². The van der Waals surface area contributed by atoms with E-state index < -0.39 is 6.04 Å². The van der Waals surface area contributed by atoms with E-state index in [2.05, 4.69) is 5.32 Å². The molecule has 1 atom stereocenters. The minimum absolute atomic E-state index is 0.0654. The first kappa shape index (κ1) is 14.5. The molecule has 108 valence electrons. The van der Waals surface area contributed by atoms with Gasteiger partial charge in [-0.1, -0.05) is 26.0 Å². The molecule has 1 fully saturated rings. The molecule has 0 radical (unpaired) electrons. The molecule has 5 heteroatoms. The fourth-order valence-corrected chi connectivity index (χ4v) is 2.24. The second kappa shape index (κ2) is 6.05. The zero-order valence-corrected chi connectivity index (χ0v) is 11.9. The van der Waals surface area contributed by atoms with Gasteiger partial charge in [0.2, 0.25) is 11.8 Å². The van der Waals surface area contributed by atoms with Crippen LogP contribution in [0.3, 0.4) is 0 Å². The van der Waals surface area contributed by atoms with E-state index >= 15 is 0 Å². The van der Waals surface area contributed by atoms with E-state index in [0.29, 0.717) is 18.7 Å². The number of nitrogens with two attached hydrogens (primary N) is 1. The number of amides is 2. The summed E-state index contributed by atoms with van der Waals surface area (Å²) in [7, 11) is 0. The van der Waals surface area contributed by atoms with Gasteiger partial charge in [-0.3, -0.25) is 9.59 Å². The summed E-state index contributed by atoms with van der Waals surface area (Å²) in [6.45, 7) is 4.50. The van der Waals surface area contributed by atoms with Crippen molar-refractivity contribution in [3.8, 4) is 0 Å². The second-order valence-electron chi connectivity index (χ2n) is 5.43. The zero-order chi connectivity index (χ0) is 14.7. The topological polar surface area (TPSA) is 75.4 Å². The summed E-state index contributed by atoms with van der Waals surface area (Å²) in [6, 6.07) is 6.78. The maximum absolute atomic E-state index is 12.1. The lowest BCUT2D eigenvalue weighted by molar-refractivity contribution is -0.118. The highest BCUT2D eigenvalue weighted by atomic mass is 16.2. The van der Waals surface area contributed by atoms with Crippen LogP contribution >= 0.6 is 0 Å². The fraction of sp³-hybridized carbons (Fsp3) is 0.467. The van der Waals surface area contributed by atoms with Crippen molar-refractivity contribution in [3.63, 3.8) is 0 Å². The van der Waals surface area contributed by atoms with Crippen molar-refractivity contribution >= 4 is 23.2 Å². The maximum atomic E-state index is 12.1. The van der Waals surface area contributed by atoms with Gasteiger partial charge in [0.25, 0.3) is 0 Å². The van der Waals surface area contributed by atoms with E-state index in [0.717, 1.165) is 12.1 Å². The largest absolute Gasteiger partial charge is 0.323 e. The van der Waals surface area contributed by atoms with Crippen molar-refractivity contribution < 1.29 is 9.59 Å². The number of anilines is 2. The number of hydrogen-bond donors (Lipinski definition) is 2. The Balaban J connectivity index is 2.20. The lowest BCUT2D eigenvalue weighted by atomic mass is 10.0. The van der Waals surface area contributed by atoms with Gasteiger partial charge in [-0.05, 0) is 24.5 Å². The third kappa shape index (κ3) is 2.99. The molecular weight excluding hydrogens is 254 g/mol. The first-order valence-electron chi connectivity index (χ1n) is 6.96. The van der Waals surface area contributed by atoms with Gasteiger partial charge in [-0.15, -0.1) is 0 Å². The van der Waals surface area contributed by atoms with E-state index in [1.807, 2.05) is 32.0 Å². The van der Waals surface area contributed by atoms with Crippen molar-refractivity contribution in [3.05, 3.63) is 24.3 Å². The molecule has 1 heterocycles. The molecule has 0 spiro atoms. The van der Waals surface area contributed by atoms with Gasteiger partial charge in [-0.25, -0.2) is 0 Å². The molecule has 2 rings (SSSR count). The number of para-hydroxylation sites is 2. The van der Waals surface area contributed by atoms with E-state index in [1.54, 1.807) is 11.0 Å². The van der Waals surface area contributed by atoms with Gasteiger partial charge >= 0.3 is 0 Å². The van der Waals surface area contributed by atoms with E-state index in [-0.39, 0.29) is 17.7 Å². The quantitative estimate of drug-likeness (QED) is 0.878. The minimum atomic E-state index is -0.558. The first-order valence-corrected chi connectivity index (χ1v) is 6.96. The Morgan fingerprint density at radius 1 is 1.35 bits per heavy atom. The Morgan fingerprint density at radius 2 is 2.05 bits per heavy atom. The number of nitrogens with one attached hydrogen (secondary N) is 1. The molecule has 20 heavy (non-hydrogen) atoms. The van der Waals surface area contributed by atoms with Gasteiger partial charge in [0.15, 0.2) is 0 Å². The Kier molecular flexibility index (Phi) is 4.39. The molecule has 3 N–H and O–H groups in total. The predicted molar refractivity (Wildman–Crippen MR) is 79.5 cm³/mol. The Hall–Kier alpha value is -1.88. The van der Waals surface area contributed by atoms with Crippen LogP contribution in [0.25, 0.3) is 0 Å². The molecule has 0 bridgehead atoms. The molecule has 1 aromatic carbocycles. The standard InChI is InChI=1S/C15H21N3O2/c1-10(2)14(16)15(20)17-11-6-3-4-7-12(11)18-9-5-8-13(18)19/h3-4,6-7,10,14H,5,8-9,16H2,1-2H3,(H,17,20)/t14-/m1/s1. The number of carbonyl (C=O) groups excluding carboxylic acids is 2. The number of rotatable bonds is 4. The lowest BCUT2D eigenvalue weighted by Crippen LogP contribution is -2.40. The highest BCUT2D eigenvalue weighted by Gasteiger charge is 2.25. The van der Waals surface area contributed by atoms with Crippen LogP contribution in [-0.2, 0) is 9.59 Å². The summed E-state index contributed by atoms with van der Waals surface area (Å²) >= 11 is 0. The van der Waals surface area contributed by atoms with Crippen LogP contribution in [0, 0.1) is 5.92 Å². The second-order valence-corrected chi connectivity index (χ2v) is 5.43. The number of carbonyl (C=O) groups is 2. The van der Waals surface area contributed by atoms with Gasteiger partial charge in [0.1, 0.15) is 0 Å². The normalized spacial score (nSPS) is 16.6. The van der Waals surface area contributed by atoms with Gasteiger partial charge in [-0.2, -0.15) is 0 Å². The number of hydrogen-bond acceptors (Lipinski definition) is 3. The summed E-state index contributed by atoms with van der Waals surface area (Å²) in [5.74, 6) is -0.0606. The Morgan fingerprint density at radius 3 is 2.65 bits per heavy atom. The zero-order valence-electron chi connectivity index (χ0n) is 11.9. The number of nitrogens with zero attached hydrogens (tertiary/aromatic N) is 1. The first-order chi connectivity index (χ1) is 9.50. The molecule has 1 aliphatic heterocycles. The van der Waals surface area contributed by atoms with Gasteiger partial charge < -0.3 is 16.0 Å². The Labute approximate surface area is 119 Å². The van der Waals surface area contributed by atoms with Crippen LogP contribution < -0.4 is 16.0 Å². The molecule has 0 saturated carbocycles. The van der Waals surface area contributed by atoms with Gasteiger partial charge in [0.05, 0.1) is 17.4 Å². The summed E-state index contributed by atoms with van der Waals surface area (Å²) in [4.78, 5) is 25.6. The average molecular weight is 275 g/mol. The molecule has 0 aliphatic carbocycles. The van der Waals surface area contributed by atoms with E-state index in [9.17, 15) is 9.59 Å². The Bertz CT molecular complexity index is 514. The van der Waals surface area contributed by atoms with E-state index in [1.165, 1.54) is 0 Å². The van der Waals surface area contributed by atoms with Crippen LogP contribution in [0.4, 0.5) is 11.4 Å². The third-order valence-electron chi connectivity index (χ3n) is 3.55. The van der Waals surface area contributed by atoms with Crippen molar-refractivity contribution in [2.45, 2.75) is 32.7 Å². The minimum Gasteiger partial charge on any atom is -0.323 e. The van der Waals surface area contributed by atoms with Crippen LogP contribution in [0.1, 0.15) is 26.7 Å². The summed E-state index contributed by atoms with van der Waals surface area (Å²) in [6.07, 6.45) is 1.42. The monoisotopic (exact) mass is 275 g/mol. The highest BCUT2D eigenvalue weighted by molar-refractivity contribution is 6.03. The van der Waals surface area contributed by atoms with Crippen LogP contribution in [0.2, 0.25) is 0 Å². The fourth-order valence-electron chi connectivity index (χ4n) is 2.24. The van der Waals surface area contributed by atoms with E-state index in [4.69, 9.17) is 5.73 Å².